The number of aliphatic hydroxyl groups excluding tert-OH is 1. The molecule has 1 unspecified atom stereocenters. The molecule has 1 amide bonds. The standard InChI is InChI=1S/C27H29ClF3N3O3/c1-26(2,3)37-25(36)34-33-16-18-5-4-6-19(13-18)24(35)22-14-21(28)11-12-23(22)32-15-17-7-9-20(10-8-17)27(29,30)31/h4-14,24,32-33,35H,15-16H2,1-3H3,(H,34,36). The number of hydrogen-bond donors (Lipinski definition) is 4. The predicted molar refractivity (Wildman–Crippen MR) is 137 cm³/mol. The third kappa shape index (κ3) is 8.66. The summed E-state index contributed by atoms with van der Waals surface area (Å²) in [5.74, 6) is 0. The molecule has 1 atom stereocenters. The van der Waals surface area contributed by atoms with Crippen molar-refractivity contribution in [1.82, 2.24) is 10.9 Å². The van der Waals surface area contributed by atoms with Gasteiger partial charge in [0.25, 0.3) is 0 Å². The first-order valence-corrected chi connectivity index (χ1v) is 11.9. The minimum atomic E-state index is -4.39. The van der Waals surface area contributed by atoms with E-state index < -0.39 is 29.5 Å². The van der Waals surface area contributed by atoms with Gasteiger partial charge in [-0.3, -0.25) is 5.43 Å². The molecule has 6 nitrogen and oxygen atoms in total. The van der Waals surface area contributed by atoms with Gasteiger partial charge in [-0.1, -0.05) is 48.0 Å². The van der Waals surface area contributed by atoms with Crippen molar-refractivity contribution in [2.75, 3.05) is 5.32 Å². The van der Waals surface area contributed by atoms with E-state index in [2.05, 4.69) is 16.2 Å². The number of aliphatic hydroxyl groups is 1. The highest BCUT2D eigenvalue weighted by Gasteiger charge is 2.29. The van der Waals surface area contributed by atoms with Crippen LogP contribution in [0, 0.1) is 0 Å². The lowest BCUT2D eigenvalue weighted by molar-refractivity contribution is -0.137. The summed E-state index contributed by atoms with van der Waals surface area (Å²) in [5.41, 5.74) is 7.07. The topological polar surface area (TPSA) is 82.6 Å². The average molecular weight is 536 g/mol. The molecule has 0 radical (unpaired) electrons. The lowest BCUT2D eigenvalue weighted by atomic mass is 9.98. The normalized spacial score (nSPS) is 12.6. The molecule has 0 spiro atoms. The molecule has 198 valence electrons. The van der Waals surface area contributed by atoms with E-state index in [-0.39, 0.29) is 13.1 Å². The van der Waals surface area contributed by atoms with Crippen molar-refractivity contribution in [2.45, 2.75) is 51.7 Å². The van der Waals surface area contributed by atoms with Gasteiger partial charge in [-0.15, -0.1) is 0 Å². The highest BCUT2D eigenvalue weighted by Crippen LogP contribution is 2.32. The van der Waals surface area contributed by atoms with Crippen molar-refractivity contribution in [2.24, 2.45) is 0 Å². The van der Waals surface area contributed by atoms with Gasteiger partial charge in [0, 0.05) is 29.4 Å². The molecule has 0 aromatic heterocycles. The summed E-state index contributed by atoms with van der Waals surface area (Å²) in [4.78, 5) is 11.8. The second kappa shape index (κ2) is 11.9. The Morgan fingerprint density at radius 2 is 1.68 bits per heavy atom. The zero-order valence-corrected chi connectivity index (χ0v) is 21.4. The smallest absolute Gasteiger partial charge is 0.422 e. The van der Waals surface area contributed by atoms with Crippen LogP contribution < -0.4 is 16.2 Å². The number of alkyl halides is 3. The monoisotopic (exact) mass is 535 g/mol. The van der Waals surface area contributed by atoms with Gasteiger partial charge < -0.3 is 15.2 Å². The second-order valence-electron chi connectivity index (χ2n) is 9.41. The fourth-order valence-electron chi connectivity index (χ4n) is 3.50. The molecule has 4 N–H and O–H groups in total. The molecule has 0 bridgehead atoms. The van der Waals surface area contributed by atoms with Crippen LogP contribution in [0.15, 0.2) is 66.7 Å². The largest absolute Gasteiger partial charge is 0.443 e. The maximum atomic E-state index is 12.8. The molecule has 0 saturated carbocycles. The van der Waals surface area contributed by atoms with E-state index in [0.717, 1.165) is 17.7 Å². The summed E-state index contributed by atoms with van der Waals surface area (Å²) in [6.07, 6.45) is -6.03. The van der Waals surface area contributed by atoms with E-state index >= 15 is 0 Å². The first-order chi connectivity index (χ1) is 17.3. The Morgan fingerprint density at radius 3 is 2.32 bits per heavy atom. The third-order valence-corrected chi connectivity index (χ3v) is 5.46. The van der Waals surface area contributed by atoms with Crippen LogP contribution in [-0.2, 0) is 24.0 Å². The Kier molecular flexibility index (Phi) is 9.07. The summed E-state index contributed by atoms with van der Waals surface area (Å²) < 4.78 is 43.6. The van der Waals surface area contributed by atoms with Crippen LogP contribution in [0.4, 0.5) is 23.7 Å². The van der Waals surface area contributed by atoms with Crippen LogP contribution in [0.3, 0.4) is 0 Å². The molecule has 10 heteroatoms. The summed E-state index contributed by atoms with van der Waals surface area (Å²) in [5, 5.41) is 14.7. The Hall–Kier alpha value is -3.27. The number of ether oxygens (including phenoxy) is 1. The first kappa shape index (κ1) is 28.3. The van der Waals surface area contributed by atoms with Crippen LogP contribution in [0.5, 0.6) is 0 Å². The van der Waals surface area contributed by atoms with Crippen molar-refractivity contribution in [3.63, 3.8) is 0 Å². The number of carbonyl (C=O) groups is 1. The van der Waals surface area contributed by atoms with Crippen LogP contribution in [0.25, 0.3) is 0 Å². The van der Waals surface area contributed by atoms with Gasteiger partial charge >= 0.3 is 12.3 Å². The zero-order chi connectivity index (χ0) is 27.2. The molecule has 3 rings (SSSR count). The van der Waals surface area contributed by atoms with E-state index in [4.69, 9.17) is 16.3 Å². The van der Waals surface area contributed by atoms with Gasteiger partial charge in [0.2, 0.25) is 0 Å². The number of rotatable bonds is 8. The molecule has 0 fully saturated rings. The number of hydrogen-bond acceptors (Lipinski definition) is 5. The van der Waals surface area contributed by atoms with Gasteiger partial charge in [0.1, 0.15) is 11.7 Å². The van der Waals surface area contributed by atoms with Gasteiger partial charge in [-0.25, -0.2) is 10.2 Å². The maximum Gasteiger partial charge on any atom is 0.422 e. The first-order valence-electron chi connectivity index (χ1n) is 11.5. The highest BCUT2D eigenvalue weighted by atomic mass is 35.5. The van der Waals surface area contributed by atoms with Crippen molar-refractivity contribution < 1.29 is 27.8 Å². The minimum absolute atomic E-state index is 0.250. The second-order valence-corrected chi connectivity index (χ2v) is 9.84. The number of amides is 1. The average Bonchev–Trinajstić information content (AvgIpc) is 2.81. The summed E-state index contributed by atoms with van der Waals surface area (Å²) in [6.45, 7) is 5.83. The number of nitrogens with one attached hydrogen (secondary N) is 3. The van der Waals surface area contributed by atoms with Crippen LogP contribution in [0.2, 0.25) is 5.02 Å². The Morgan fingerprint density at radius 1 is 0.973 bits per heavy atom. The molecule has 3 aromatic carbocycles. The Bertz CT molecular complexity index is 1210. The zero-order valence-electron chi connectivity index (χ0n) is 20.6. The van der Waals surface area contributed by atoms with E-state index in [1.165, 1.54) is 12.1 Å². The number of carbonyl (C=O) groups excluding carboxylic acids is 1. The summed E-state index contributed by atoms with van der Waals surface area (Å²) >= 11 is 6.19. The summed E-state index contributed by atoms with van der Waals surface area (Å²) in [7, 11) is 0. The lowest BCUT2D eigenvalue weighted by Crippen LogP contribution is -2.40. The van der Waals surface area contributed by atoms with Gasteiger partial charge in [0.15, 0.2) is 0 Å². The van der Waals surface area contributed by atoms with Crippen molar-refractivity contribution >= 4 is 23.4 Å². The predicted octanol–water partition coefficient (Wildman–Crippen LogP) is 6.58. The van der Waals surface area contributed by atoms with E-state index in [1.54, 1.807) is 57.2 Å². The third-order valence-electron chi connectivity index (χ3n) is 5.22. The van der Waals surface area contributed by atoms with Crippen LogP contribution in [0.1, 0.15) is 54.7 Å². The van der Waals surface area contributed by atoms with E-state index in [1.807, 2.05) is 6.07 Å². The highest BCUT2D eigenvalue weighted by molar-refractivity contribution is 6.30. The molecule has 0 aliphatic heterocycles. The van der Waals surface area contributed by atoms with Gasteiger partial charge in [0.05, 0.1) is 5.56 Å². The fourth-order valence-corrected chi connectivity index (χ4v) is 3.68. The number of anilines is 1. The molecular weight excluding hydrogens is 507 g/mol. The Labute approximate surface area is 218 Å². The van der Waals surface area contributed by atoms with Crippen molar-refractivity contribution in [1.29, 1.82) is 0 Å². The lowest BCUT2D eigenvalue weighted by Gasteiger charge is -2.20. The molecule has 3 aromatic rings. The van der Waals surface area contributed by atoms with E-state index in [9.17, 15) is 23.1 Å². The molecule has 0 aliphatic rings. The molecule has 0 aliphatic carbocycles. The van der Waals surface area contributed by atoms with Gasteiger partial charge in [-0.05, 0) is 67.8 Å². The number of benzene rings is 3. The van der Waals surface area contributed by atoms with Crippen LogP contribution >= 0.6 is 11.6 Å². The minimum Gasteiger partial charge on any atom is -0.443 e. The van der Waals surface area contributed by atoms with Gasteiger partial charge in [-0.2, -0.15) is 13.2 Å². The van der Waals surface area contributed by atoms with Crippen LogP contribution in [-0.4, -0.2) is 16.8 Å². The van der Waals surface area contributed by atoms with E-state index in [0.29, 0.717) is 27.4 Å². The summed E-state index contributed by atoms with van der Waals surface area (Å²) in [6, 6.07) is 17.0. The van der Waals surface area contributed by atoms with Crippen molar-refractivity contribution in [3.8, 4) is 0 Å². The molecule has 0 saturated heterocycles. The molecule has 0 heterocycles. The Balaban J connectivity index is 1.69. The van der Waals surface area contributed by atoms with Crippen molar-refractivity contribution in [3.05, 3.63) is 99.6 Å². The molecule has 37 heavy (non-hydrogen) atoms. The number of hydrazine groups is 1. The SMILES string of the molecule is CC(C)(C)OC(=O)NNCc1cccc(C(O)c2cc(Cl)ccc2NCc2ccc(C(F)(F)F)cc2)c1. The maximum absolute atomic E-state index is 12.8. The number of halogens is 4. The quantitative estimate of drug-likeness (QED) is 0.245. The fraction of sp³-hybridized carbons (Fsp3) is 0.296. The molecular formula is C27H29ClF3N3O3.